The average molecular weight is 257 g/mol. The molecule has 1 unspecified atom stereocenters. The van der Waals surface area contributed by atoms with E-state index in [0.29, 0.717) is 12.6 Å². The average Bonchev–Trinajstić information content (AvgIpc) is 2.08. The van der Waals surface area contributed by atoms with E-state index in [0.717, 1.165) is 4.48 Å². The lowest BCUT2D eigenvalue weighted by molar-refractivity contribution is -0.902. The first-order chi connectivity index (χ1) is 4.17. The Morgan fingerprint density at radius 1 is 1.50 bits per heavy atom. The van der Waals surface area contributed by atoms with Crippen molar-refractivity contribution in [1.29, 1.82) is 0 Å². The molecule has 0 bridgehead atoms. The van der Waals surface area contributed by atoms with Crippen LogP contribution in [-0.4, -0.2) is 42.9 Å². The maximum atomic E-state index is 8.89. The van der Waals surface area contributed by atoms with Gasteiger partial charge in [-0.25, -0.2) is 0 Å². The molecule has 0 spiro atoms. The fourth-order valence-electron chi connectivity index (χ4n) is 1.58. The van der Waals surface area contributed by atoms with Gasteiger partial charge in [-0.2, -0.15) is 0 Å². The van der Waals surface area contributed by atoms with Crippen LogP contribution in [0.4, 0.5) is 0 Å². The van der Waals surface area contributed by atoms with Crippen LogP contribution in [0.3, 0.4) is 0 Å². The number of hydrogen-bond acceptors (Lipinski definition) is 1. The maximum Gasteiger partial charge on any atom is 0.112 e. The molecule has 1 rings (SSSR count). The number of hydrogen-bond donors (Lipinski definition) is 1. The minimum absolute atomic E-state index is 0. The monoisotopic (exact) mass is 257 g/mol. The maximum absolute atomic E-state index is 8.89. The van der Waals surface area contributed by atoms with Crippen LogP contribution in [-0.2, 0) is 0 Å². The van der Waals surface area contributed by atoms with Crippen molar-refractivity contribution in [3.63, 3.8) is 0 Å². The molecule has 0 amide bonds. The van der Waals surface area contributed by atoms with E-state index >= 15 is 0 Å². The molecule has 0 saturated carbocycles. The largest absolute Gasteiger partial charge is 1.00 e. The van der Waals surface area contributed by atoms with Crippen molar-refractivity contribution in [1.82, 2.24) is 0 Å². The molecule has 1 fully saturated rings. The molecule has 0 radical (unpaired) electrons. The number of rotatable bonds is 1. The third-order valence-electron chi connectivity index (χ3n) is 2.47. The van der Waals surface area contributed by atoms with E-state index in [9.17, 15) is 0 Å². The summed E-state index contributed by atoms with van der Waals surface area (Å²) in [6, 6.07) is 0.505. The molecule has 10 heavy (non-hydrogen) atoms. The van der Waals surface area contributed by atoms with Gasteiger partial charge in [-0.3, -0.25) is 0 Å². The van der Waals surface area contributed by atoms with Crippen molar-refractivity contribution < 1.29 is 33.6 Å². The summed E-state index contributed by atoms with van der Waals surface area (Å²) in [7, 11) is 4.38. The highest BCUT2D eigenvalue weighted by Crippen LogP contribution is 2.20. The van der Waals surface area contributed by atoms with Crippen molar-refractivity contribution in [2.45, 2.75) is 18.9 Å². The lowest BCUT2D eigenvalue weighted by Crippen LogP contribution is -3.00. The number of aliphatic hydroxyl groups excluding tert-OH is 1. The van der Waals surface area contributed by atoms with Gasteiger partial charge in [0.1, 0.15) is 6.04 Å². The molecule has 0 aromatic heterocycles. The minimum atomic E-state index is 0. The molecular formula is C7H16INO. The molecule has 0 aromatic rings. The third kappa shape index (κ3) is 2.07. The minimum Gasteiger partial charge on any atom is -1.00 e. The van der Waals surface area contributed by atoms with E-state index in [1.54, 1.807) is 0 Å². The van der Waals surface area contributed by atoms with E-state index in [2.05, 4.69) is 14.1 Å². The van der Waals surface area contributed by atoms with Gasteiger partial charge in [0.15, 0.2) is 0 Å². The van der Waals surface area contributed by atoms with Gasteiger partial charge < -0.3 is 33.6 Å². The van der Waals surface area contributed by atoms with Crippen LogP contribution >= 0.6 is 0 Å². The van der Waals surface area contributed by atoms with Crippen LogP contribution in [0.15, 0.2) is 0 Å². The zero-order valence-corrected chi connectivity index (χ0v) is 8.84. The Labute approximate surface area is 79.8 Å². The van der Waals surface area contributed by atoms with Crippen molar-refractivity contribution in [2.75, 3.05) is 27.2 Å². The van der Waals surface area contributed by atoms with Gasteiger partial charge in [0.2, 0.25) is 0 Å². The predicted octanol–water partition coefficient (Wildman–Crippen LogP) is -2.78. The van der Waals surface area contributed by atoms with Crippen molar-refractivity contribution in [2.24, 2.45) is 0 Å². The quantitative estimate of drug-likeness (QED) is 0.398. The number of aliphatic hydroxyl groups is 1. The SMILES string of the molecule is C[N+]1(C)CCCC1CO.[I-]. The highest BCUT2D eigenvalue weighted by Gasteiger charge is 2.32. The lowest BCUT2D eigenvalue weighted by atomic mass is 10.2. The number of likely N-dealkylation sites (tertiary alicyclic amines) is 1. The molecule has 1 N–H and O–H groups in total. The summed E-state index contributed by atoms with van der Waals surface area (Å²) in [5, 5.41) is 8.89. The van der Waals surface area contributed by atoms with Gasteiger partial charge in [0.05, 0.1) is 27.2 Å². The fraction of sp³-hybridized carbons (Fsp3) is 1.00. The topological polar surface area (TPSA) is 20.2 Å². The zero-order valence-electron chi connectivity index (χ0n) is 6.68. The molecule has 1 heterocycles. The van der Waals surface area contributed by atoms with Crippen LogP contribution in [0.2, 0.25) is 0 Å². The van der Waals surface area contributed by atoms with Gasteiger partial charge in [-0.1, -0.05) is 0 Å². The molecule has 3 heteroatoms. The Balaban J connectivity index is 0.000000810. The Morgan fingerprint density at radius 3 is 2.30 bits per heavy atom. The molecule has 1 atom stereocenters. The van der Waals surface area contributed by atoms with Crippen molar-refractivity contribution in [3.8, 4) is 0 Å². The van der Waals surface area contributed by atoms with Gasteiger partial charge in [-0.05, 0) is 0 Å². The highest BCUT2D eigenvalue weighted by atomic mass is 127. The summed E-state index contributed by atoms with van der Waals surface area (Å²) in [4.78, 5) is 0. The summed E-state index contributed by atoms with van der Waals surface area (Å²) >= 11 is 0. The van der Waals surface area contributed by atoms with Gasteiger partial charge in [0.25, 0.3) is 0 Å². The molecule has 1 saturated heterocycles. The van der Waals surface area contributed by atoms with E-state index < -0.39 is 0 Å². The number of quaternary nitrogens is 1. The second-order valence-corrected chi connectivity index (χ2v) is 3.48. The fourth-order valence-corrected chi connectivity index (χ4v) is 1.58. The van der Waals surface area contributed by atoms with Crippen LogP contribution in [0, 0.1) is 0 Å². The number of likely N-dealkylation sites (N-methyl/N-ethyl adjacent to an activating group) is 1. The van der Waals surface area contributed by atoms with Crippen LogP contribution in [0.5, 0.6) is 0 Å². The van der Waals surface area contributed by atoms with Crippen LogP contribution in [0.25, 0.3) is 0 Å². The number of halogens is 1. The van der Waals surface area contributed by atoms with Gasteiger partial charge in [-0.15, -0.1) is 0 Å². The highest BCUT2D eigenvalue weighted by molar-refractivity contribution is 4.63. The van der Waals surface area contributed by atoms with Gasteiger partial charge >= 0.3 is 0 Å². The Morgan fingerprint density at radius 2 is 2.10 bits per heavy atom. The molecular weight excluding hydrogens is 241 g/mol. The Kier molecular flexibility index (Phi) is 4.13. The van der Waals surface area contributed by atoms with E-state index in [4.69, 9.17) is 5.11 Å². The molecule has 2 nitrogen and oxygen atoms in total. The zero-order chi connectivity index (χ0) is 6.91. The van der Waals surface area contributed by atoms with E-state index in [1.807, 2.05) is 0 Å². The first kappa shape index (κ1) is 10.7. The molecule has 1 aliphatic rings. The van der Waals surface area contributed by atoms with Crippen molar-refractivity contribution in [3.05, 3.63) is 0 Å². The van der Waals surface area contributed by atoms with Gasteiger partial charge in [0, 0.05) is 12.8 Å². The summed E-state index contributed by atoms with van der Waals surface area (Å²) in [5.41, 5.74) is 0. The summed E-state index contributed by atoms with van der Waals surface area (Å²) in [6.45, 7) is 1.58. The third-order valence-corrected chi connectivity index (χ3v) is 2.47. The first-order valence-electron chi connectivity index (χ1n) is 3.60. The summed E-state index contributed by atoms with van der Waals surface area (Å²) in [6.07, 6.45) is 2.47. The second-order valence-electron chi connectivity index (χ2n) is 3.48. The first-order valence-corrected chi connectivity index (χ1v) is 3.60. The normalized spacial score (nSPS) is 29.7. The lowest BCUT2D eigenvalue weighted by Gasteiger charge is -2.30. The molecule has 0 aromatic carbocycles. The van der Waals surface area contributed by atoms with Crippen LogP contribution < -0.4 is 24.0 Å². The predicted molar refractivity (Wildman–Crippen MR) is 37.1 cm³/mol. The van der Waals surface area contributed by atoms with E-state index in [1.165, 1.54) is 19.4 Å². The second kappa shape index (κ2) is 3.88. The smallest absolute Gasteiger partial charge is 0.112 e. The van der Waals surface area contributed by atoms with Crippen LogP contribution in [0.1, 0.15) is 12.8 Å². The molecule has 1 aliphatic heterocycles. The Hall–Kier alpha value is 0.650. The number of nitrogens with zero attached hydrogens (tertiary/aromatic N) is 1. The summed E-state index contributed by atoms with van der Waals surface area (Å²) < 4.78 is 1.01. The van der Waals surface area contributed by atoms with Crippen molar-refractivity contribution >= 4 is 0 Å². The molecule has 0 aliphatic carbocycles. The Bertz CT molecular complexity index is 106. The standard InChI is InChI=1S/C7H16NO.HI/c1-8(2)5-3-4-7(8)6-9;/h7,9H,3-6H2,1-2H3;1H/q+1;/p-1. The van der Waals surface area contributed by atoms with E-state index in [-0.39, 0.29) is 24.0 Å². The molecule has 62 valence electrons. The summed E-state index contributed by atoms with van der Waals surface area (Å²) in [5.74, 6) is 0.